The van der Waals surface area contributed by atoms with Gasteiger partial charge in [0.2, 0.25) is 0 Å². The van der Waals surface area contributed by atoms with Gasteiger partial charge in [0.05, 0.1) is 5.56 Å². The second kappa shape index (κ2) is 7.28. The van der Waals surface area contributed by atoms with Gasteiger partial charge in [-0.3, -0.25) is 9.59 Å². The molecule has 0 spiro atoms. The van der Waals surface area contributed by atoms with Crippen LogP contribution in [0.5, 0.6) is 5.75 Å². The molecule has 0 unspecified atom stereocenters. The summed E-state index contributed by atoms with van der Waals surface area (Å²) in [5, 5.41) is 19.7. The Hall–Kier alpha value is -2.04. The predicted octanol–water partition coefficient (Wildman–Crippen LogP) is 1.23. The van der Waals surface area contributed by atoms with Crippen molar-refractivity contribution in [1.29, 1.82) is 0 Å². The highest BCUT2D eigenvalue weighted by molar-refractivity contribution is 5.98. The van der Waals surface area contributed by atoms with Gasteiger partial charge in [0.1, 0.15) is 12.3 Å². The fraction of sp³-hybridized carbons (Fsp3) is 0.273. The second-order valence-electron chi connectivity index (χ2n) is 2.59. The van der Waals surface area contributed by atoms with Crippen LogP contribution in [0, 0.1) is 0 Å². The van der Waals surface area contributed by atoms with Crippen LogP contribution in [0.3, 0.4) is 0 Å². The average molecular weight is 225 g/mol. The number of rotatable bonds is 3. The maximum atomic E-state index is 11.2. The maximum Gasteiger partial charge on any atom is 0.322 e. The number of hydrogen-bond acceptors (Lipinski definition) is 3. The monoisotopic (exact) mass is 225 g/mol. The Labute approximate surface area is 93.7 Å². The lowest BCUT2D eigenvalue weighted by Crippen LogP contribution is -2.29. The molecule has 1 rings (SSSR count). The Bertz CT molecular complexity index is 363. The number of carbonyl (C=O) groups is 2. The topological polar surface area (TPSA) is 86.6 Å². The standard InChI is InChI=1S/C9H9NO4.C2H6/c11-7-4-2-1-3-6(7)9(14)10-5-8(12)13;1-2/h1-4,11H,5H2,(H,10,14)(H,12,13);1-2H3. The largest absolute Gasteiger partial charge is 0.507 e. The number of hydrogen-bond donors (Lipinski definition) is 3. The molecule has 5 heteroatoms. The lowest BCUT2D eigenvalue weighted by atomic mass is 10.2. The van der Waals surface area contributed by atoms with Gasteiger partial charge in [-0.25, -0.2) is 0 Å². The van der Waals surface area contributed by atoms with E-state index in [4.69, 9.17) is 5.11 Å². The number of aliphatic carboxylic acids is 1. The van der Waals surface area contributed by atoms with Gasteiger partial charge in [-0.1, -0.05) is 26.0 Å². The minimum atomic E-state index is -1.13. The van der Waals surface area contributed by atoms with E-state index in [2.05, 4.69) is 5.32 Å². The SMILES string of the molecule is CC.O=C(O)CNC(=O)c1ccccc1O. The van der Waals surface area contributed by atoms with E-state index in [1.165, 1.54) is 12.1 Å². The van der Waals surface area contributed by atoms with Gasteiger partial charge in [0.15, 0.2) is 0 Å². The van der Waals surface area contributed by atoms with Gasteiger partial charge in [-0.2, -0.15) is 0 Å². The van der Waals surface area contributed by atoms with Crippen LogP contribution >= 0.6 is 0 Å². The van der Waals surface area contributed by atoms with Crippen molar-refractivity contribution in [2.45, 2.75) is 13.8 Å². The molecule has 0 radical (unpaired) electrons. The normalized spacial score (nSPS) is 8.62. The summed E-state index contributed by atoms with van der Waals surface area (Å²) in [5.74, 6) is -1.91. The fourth-order valence-electron chi connectivity index (χ4n) is 0.917. The Morgan fingerprint density at radius 2 is 1.81 bits per heavy atom. The molecule has 0 saturated heterocycles. The first kappa shape index (κ1) is 14.0. The van der Waals surface area contributed by atoms with Crippen molar-refractivity contribution in [3.63, 3.8) is 0 Å². The molecule has 1 aromatic carbocycles. The van der Waals surface area contributed by atoms with Gasteiger partial charge >= 0.3 is 5.97 Å². The van der Waals surface area contributed by atoms with E-state index in [1.807, 2.05) is 13.8 Å². The van der Waals surface area contributed by atoms with Crippen LogP contribution in [-0.4, -0.2) is 28.6 Å². The van der Waals surface area contributed by atoms with Crippen LogP contribution in [0.15, 0.2) is 24.3 Å². The van der Waals surface area contributed by atoms with Crippen LogP contribution in [-0.2, 0) is 4.79 Å². The summed E-state index contributed by atoms with van der Waals surface area (Å²) in [6, 6.07) is 5.92. The van der Waals surface area contributed by atoms with Crippen molar-refractivity contribution in [1.82, 2.24) is 5.32 Å². The number of phenolic OH excluding ortho intramolecular Hbond substituents is 1. The van der Waals surface area contributed by atoms with Crippen molar-refractivity contribution in [2.75, 3.05) is 6.54 Å². The Balaban J connectivity index is 0.00000106. The van der Waals surface area contributed by atoms with E-state index >= 15 is 0 Å². The summed E-state index contributed by atoms with van der Waals surface area (Å²) >= 11 is 0. The van der Waals surface area contributed by atoms with E-state index in [1.54, 1.807) is 12.1 Å². The van der Waals surface area contributed by atoms with E-state index in [9.17, 15) is 14.7 Å². The molecule has 0 bridgehead atoms. The second-order valence-corrected chi connectivity index (χ2v) is 2.59. The molecule has 0 aliphatic heterocycles. The Morgan fingerprint density at radius 1 is 1.25 bits per heavy atom. The molecule has 5 nitrogen and oxygen atoms in total. The maximum absolute atomic E-state index is 11.2. The molecule has 0 aliphatic rings. The van der Waals surface area contributed by atoms with Gasteiger partial charge in [-0.15, -0.1) is 0 Å². The summed E-state index contributed by atoms with van der Waals surface area (Å²) < 4.78 is 0. The fourth-order valence-corrected chi connectivity index (χ4v) is 0.917. The Morgan fingerprint density at radius 3 is 2.31 bits per heavy atom. The van der Waals surface area contributed by atoms with Crippen LogP contribution in [0.2, 0.25) is 0 Å². The average Bonchev–Trinajstić information content (AvgIpc) is 2.29. The molecule has 3 N–H and O–H groups in total. The number of amides is 1. The van der Waals surface area contributed by atoms with Crippen LogP contribution in [0.1, 0.15) is 24.2 Å². The number of carbonyl (C=O) groups excluding carboxylic acids is 1. The number of para-hydroxylation sites is 1. The number of nitrogens with one attached hydrogen (secondary N) is 1. The van der Waals surface area contributed by atoms with Crippen LogP contribution in [0.4, 0.5) is 0 Å². The summed E-state index contributed by atoms with van der Waals surface area (Å²) in [5.41, 5.74) is 0.0637. The highest BCUT2D eigenvalue weighted by atomic mass is 16.4. The first-order valence-electron chi connectivity index (χ1n) is 4.89. The Kier molecular flexibility index (Phi) is 6.35. The quantitative estimate of drug-likeness (QED) is 0.722. The molecule has 0 aromatic heterocycles. The number of carboxylic acids is 1. The smallest absolute Gasteiger partial charge is 0.322 e. The lowest BCUT2D eigenvalue weighted by molar-refractivity contribution is -0.135. The number of benzene rings is 1. The molecule has 88 valence electrons. The third-order valence-electron chi connectivity index (χ3n) is 1.55. The van der Waals surface area contributed by atoms with E-state index in [0.29, 0.717) is 0 Å². The van der Waals surface area contributed by atoms with E-state index in [-0.39, 0.29) is 11.3 Å². The lowest BCUT2D eigenvalue weighted by Gasteiger charge is -2.03. The highest BCUT2D eigenvalue weighted by Gasteiger charge is 2.10. The first-order chi connectivity index (χ1) is 7.61. The molecule has 0 saturated carbocycles. The molecule has 16 heavy (non-hydrogen) atoms. The van der Waals surface area contributed by atoms with Crippen molar-refractivity contribution in [2.24, 2.45) is 0 Å². The molecule has 1 amide bonds. The summed E-state index contributed by atoms with van der Waals surface area (Å²) in [6.45, 7) is 3.53. The van der Waals surface area contributed by atoms with Gasteiger partial charge in [-0.05, 0) is 12.1 Å². The minimum absolute atomic E-state index is 0.0637. The summed E-state index contributed by atoms with van der Waals surface area (Å²) in [6.07, 6.45) is 0. The highest BCUT2D eigenvalue weighted by Crippen LogP contribution is 2.14. The zero-order valence-corrected chi connectivity index (χ0v) is 9.23. The van der Waals surface area contributed by atoms with E-state index < -0.39 is 18.4 Å². The summed E-state index contributed by atoms with van der Waals surface area (Å²) in [7, 11) is 0. The molecular formula is C11H15NO4. The zero-order valence-electron chi connectivity index (χ0n) is 9.23. The van der Waals surface area contributed by atoms with Crippen molar-refractivity contribution in [3.05, 3.63) is 29.8 Å². The third kappa shape index (κ3) is 4.45. The third-order valence-corrected chi connectivity index (χ3v) is 1.55. The number of carboxylic acid groups (broad SMARTS) is 1. The van der Waals surface area contributed by atoms with E-state index in [0.717, 1.165) is 0 Å². The zero-order chi connectivity index (χ0) is 12.6. The molecule has 1 aromatic rings. The molecule has 0 atom stereocenters. The van der Waals surface area contributed by atoms with Crippen molar-refractivity contribution in [3.8, 4) is 5.75 Å². The predicted molar refractivity (Wildman–Crippen MR) is 59.4 cm³/mol. The number of phenols is 1. The molecular weight excluding hydrogens is 210 g/mol. The molecule has 0 heterocycles. The number of aromatic hydroxyl groups is 1. The summed E-state index contributed by atoms with van der Waals surface area (Å²) in [4.78, 5) is 21.4. The molecule has 0 fully saturated rings. The van der Waals surface area contributed by atoms with Gasteiger partial charge in [0.25, 0.3) is 5.91 Å². The molecule has 0 aliphatic carbocycles. The van der Waals surface area contributed by atoms with Crippen LogP contribution < -0.4 is 5.32 Å². The first-order valence-corrected chi connectivity index (χ1v) is 4.89. The minimum Gasteiger partial charge on any atom is -0.507 e. The van der Waals surface area contributed by atoms with Gasteiger partial charge in [0, 0.05) is 0 Å². The van der Waals surface area contributed by atoms with Crippen molar-refractivity contribution >= 4 is 11.9 Å². The van der Waals surface area contributed by atoms with Crippen molar-refractivity contribution < 1.29 is 19.8 Å². The van der Waals surface area contributed by atoms with Crippen LogP contribution in [0.25, 0.3) is 0 Å². The van der Waals surface area contributed by atoms with Gasteiger partial charge < -0.3 is 15.5 Å².